The highest BCUT2D eigenvalue weighted by molar-refractivity contribution is 5.88. The van der Waals surface area contributed by atoms with Crippen LogP contribution >= 0.6 is 0 Å². The zero-order valence-electron chi connectivity index (χ0n) is 15.7. The maximum Gasteiger partial charge on any atom is 0.230 e. The fourth-order valence-corrected chi connectivity index (χ4v) is 3.83. The van der Waals surface area contributed by atoms with Crippen molar-refractivity contribution in [2.75, 3.05) is 18.0 Å². The fraction of sp³-hybridized carbons (Fsp3) is 0.611. The summed E-state index contributed by atoms with van der Waals surface area (Å²) in [6.45, 7) is 9.37. The smallest absolute Gasteiger partial charge is 0.230 e. The summed E-state index contributed by atoms with van der Waals surface area (Å²) in [4.78, 5) is 15.3. The van der Waals surface area contributed by atoms with Crippen LogP contribution in [0.15, 0.2) is 16.8 Å². The monoisotopic (exact) mass is 345 g/mol. The number of hydrogen-bond donors (Lipinski definition) is 1. The molecule has 0 aliphatic carbocycles. The molecule has 1 saturated heterocycles. The lowest BCUT2D eigenvalue weighted by Crippen LogP contribution is -2.52. The van der Waals surface area contributed by atoms with E-state index in [1.807, 2.05) is 45.5 Å². The Morgan fingerprint density at radius 1 is 1.40 bits per heavy atom. The molecule has 0 spiro atoms. The van der Waals surface area contributed by atoms with Gasteiger partial charge in [-0.2, -0.15) is 5.10 Å². The number of nitrogens with one attached hydrogen (secondary N) is 1. The summed E-state index contributed by atoms with van der Waals surface area (Å²) in [6, 6.07) is 2.13. The molecule has 0 bridgehead atoms. The average molecular weight is 345 g/mol. The first-order valence-corrected chi connectivity index (χ1v) is 8.78. The zero-order chi connectivity index (χ0) is 18.2. The Balaban J connectivity index is 1.71. The van der Waals surface area contributed by atoms with E-state index in [2.05, 4.69) is 20.5 Å². The Morgan fingerprint density at radius 2 is 2.16 bits per heavy atom. The van der Waals surface area contributed by atoms with Gasteiger partial charge in [-0.05, 0) is 40.5 Å². The molecule has 2 aromatic heterocycles. The van der Waals surface area contributed by atoms with Crippen LogP contribution in [0.5, 0.6) is 0 Å². The van der Waals surface area contributed by atoms with Crippen molar-refractivity contribution in [1.29, 1.82) is 0 Å². The van der Waals surface area contributed by atoms with E-state index in [0.717, 1.165) is 43.0 Å². The SMILES string of the molecule is Cc1noc(C)c1C(C)(C)C(=O)N[C@@H]1CCCN(c2ccnn2C)C1. The molecule has 7 nitrogen and oxygen atoms in total. The Morgan fingerprint density at radius 3 is 2.76 bits per heavy atom. The molecule has 3 heterocycles. The normalized spacial score (nSPS) is 18.4. The van der Waals surface area contributed by atoms with E-state index in [9.17, 15) is 4.79 Å². The number of aromatic nitrogens is 3. The van der Waals surface area contributed by atoms with Crippen LogP contribution in [0.25, 0.3) is 0 Å². The molecule has 0 saturated carbocycles. The Labute approximate surface area is 148 Å². The highest BCUT2D eigenvalue weighted by Crippen LogP contribution is 2.30. The minimum atomic E-state index is -0.678. The van der Waals surface area contributed by atoms with Crippen molar-refractivity contribution in [3.63, 3.8) is 0 Å². The predicted molar refractivity (Wildman–Crippen MR) is 95.6 cm³/mol. The largest absolute Gasteiger partial charge is 0.361 e. The first-order valence-electron chi connectivity index (χ1n) is 8.78. The van der Waals surface area contributed by atoms with E-state index in [4.69, 9.17) is 4.52 Å². The molecule has 0 radical (unpaired) electrons. The molecular formula is C18H27N5O2. The van der Waals surface area contributed by atoms with Gasteiger partial charge in [0.2, 0.25) is 5.91 Å². The van der Waals surface area contributed by atoms with Crippen LogP contribution in [0.3, 0.4) is 0 Å². The highest BCUT2D eigenvalue weighted by Gasteiger charge is 2.37. The van der Waals surface area contributed by atoms with Crippen LogP contribution in [0.4, 0.5) is 5.82 Å². The lowest BCUT2D eigenvalue weighted by atomic mass is 9.82. The fourth-order valence-electron chi connectivity index (χ4n) is 3.83. The summed E-state index contributed by atoms with van der Waals surface area (Å²) >= 11 is 0. The van der Waals surface area contributed by atoms with Crippen molar-refractivity contribution in [2.24, 2.45) is 7.05 Å². The molecule has 0 aromatic carbocycles. The van der Waals surface area contributed by atoms with E-state index in [0.29, 0.717) is 5.76 Å². The van der Waals surface area contributed by atoms with Crippen LogP contribution in [-0.4, -0.2) is 40.0 Å². The molecule has 3 rings (SSSR count). The second-order valence-electron chi connectivity index (χ2n) is 7.40. The number of carbonyl (C=O) groups excluding carboxylic acids is 1. The summed E-state index contributed by atoms with van der Waals surface area (Å²) < 4.78 is 7.13. The minimum absolute atomic E-state index is 0.0127. The molecule has 25 heavy (non-hydrogen) atoms. The van der Waals surface area contributed by atoms with Crippen molar-refractivity contribution in [3.8, 4) is 0 Å². The Bertz CT molecular complexity index is 742. The van der Waals surface area contributed by atoms with Crippen molar-refractivity contribution in [2.45, 2.75) is 52.0 Å². The van der Waals surface area contributed by atoms with Gasteiger partial charge in [0.15, 0.2) is 0 Å². The number of aryl methyl sites for hydroxylation is 3. The van der Waals surface area contributed by atoms with Gasteiger partial charge in [0.1, 0.15) is 11.6 Å². The van der Waals surface area contributed by atoms with Crippen LogP contribution < -0.4 is 10.2 Å². The maximum atomic E-state index is 13.0. The topological polar surface area (TPSA) is 76.2 Å². The van der Waals surface area contributed by atoms with Gasteiger partial charge < -0.3 is 14.7 Å². The van der Waals surface area contributed by atoms with Gasteiger partial charge in [-0.25, -0.2) is 0 Å². The number of carbonyl (C=O) groups is 1. The van der Waals surface area contributed by atoms with E-state index in [1.165, 1.54) is 0 Å². The van der Waals surface area contributed by atoms with E-state index >= 15 is 0 Å². The van der Waals surface area contributed by atoms with Crippen molar-refractivity contribution >= 4 is 11.7 Å². The van der Waals surface area contributed by atoms with E-state index < -0.39 is 5.41 Å². The van der Waals surface area contributed by atoms with Gasteiger partial charge in [0.05, 0.1) is 17.3 Å². The maximum absolute atomic E-state index is 13.0. The average Bonchev–Trinajstić information content (AvgIpc) is 3.13. The lowest BCUT2D eigenvalue weighted by molar-refractivity contribution is -0.126. The third kappa shape index (κ3) is 3.27. The number of piperidine rings is 1. The molecule has 2 aromatic rings. The first-order chi connectivity index (χ1) is 11.8. The zero-order valence-corrected chi connectivity index (χ0v) is 15.7. The summed E-state index contributed by atoms with van der Waals surface area (Å²) in [5, 5.41) is 11.5. The molecule has 1 N–H and O–H groups in total. The molecule has 136 valence electrons. The van der Waals surface area contributed by atoms with Crippen LogP contribution in [0.1, 0.15) is 43.7 Å². The molecule has 1 amide bonds. The third-order valence-electron chi connectivity index (χ3n) is 5.10. The van der Waals surface area contributed by atoms with Gasteiger partial charge in [-0.3, -0.25) is 9.48 Å². The van der Waals surface area contributed by atoms with Crippen LogP contribution in [0, 0.1) is 13.8 Å². The quantitative estimate of drug-likeness (QED) is 0.918. The predicted octanol–water partition coefficient (Wildman–Crippen LogP) is 2.09. The van der Waals surface area contributed by atoms with Gasteiger partial charge >= 0.3 is 0 Å². The summed E-state index contributed by atoms with van der Waals surface area (Å²) in [7, 11) is 1.94. The third-order valence-corrected chi connectivity index (χ3v) is 5.10. The number of hydrogen-bond acceptors (Lipinski definition) is 5. The summed E-state index contributed by atoms with van der Waals surface area (Å²) in [6.07, 6.45) is 3.83. The van der Waals surface area contributed by atoms with Gasteiger partial charge in [0.25, 0.3) is 0 Å². The van der Waals surface area contributed by atoms with Gasteiger partial charge in [-0.1, -0.05) is 5.16 Å². The second-order valence-corrected chi connectivity index (χ2v) is 7.40. The van der Waals surface area contributed by atoms with Gasteiger partial charge in [0, 0.05) is 37.8 Å². The number of rotatable bonds is 4. The molecule has 1 fully saturated rings. The molecule has 1 atom stereocenters. The van der Waals surface area contributed by atoms with Crippen LogP contribution in [0.2, 0.25) is 0 Å². The molecular weight excluding hydrogens is 318 g/mol. The van der Waals surface area contributed by atoms with Crippen LogP contribution in [-0.2, 0) is 17.3 Å². The summed E-state index contributed by atoms with van der Waals surface area (Å²) in [5.41, 5.74) is 0.977. The first kappa shape index (κ1) is 17.5. The van der Waals surface area contributed by atoms with Gasteiger partial charge in [-0.15, -0.1) is 0 Å². The summed E-state index contributed by atoms with van der Waals surface area (Å²) in [5.74, 6) is 1.81. The Kier molecular flexibility index (Phi) is 4.58. The standard InChI is InChI=1S/C18H27N5O2/c1-12-16(13(2)25-21-12)18(3,4)17(24)20-14-7-6-10-23(11-14)15-8-9-19-22(15)5/h8-9,14H,6-7,10-11H2,1-5H3,(H,20,24)/t14-/m1/s1. The number of amides is 1. The molecule has 1 aliphatic rings. The van der Waals surface area contributed by atoms with Crippen molar-refractivity contribution in [3.05, 3.63) is 29.3 Å². The Hall–Kier alpha value is -2.31. The minimum Gasteiger partial charge on any atom is -0.361 e. The molecule has 7 heteroatoms. The van der Waals surface area contributed by atoms with Crippen molar-refractivity contribution in [1.82, 2.24) is 20.3 Å². The molecule has 0 unspecified atom stereocenters. The molecule has 1 aliphatic heterocycles. The number of nitrogens with zero attached hydrogens (tertiary/aromatic N) is 4. The second kappa shape index (κ2) is 6.54. The van der Waals surface area contributed by atoms with Crippen molar-refractivity contribution < 1.29 is 9.32 Å². The van der Waals surface area contributed by atoms with E-state index in [-0.39, 0.29) is 11.9 Å². The highest BCUT2D eigenvalue weighted by atomic mass is 16.5. The number of anilines is 1. The lowest BCUT2D eigenvalue weighted by Gasteiger charge is -2.36. The van der Waals surface area contributed by atoms with E-state index in [1.54, 1.807) is 6.20 Å².